The molecule has 3 aromatic rings. The first-order chi connectivity index (χ1) is 19.8. The fourth-order valence-electron chi connectivity index (χ4n) is 6.38. The van der Waals surface area contributed by atoms with E-state index in [1.807, 2.05) is 20.8 Å². The molecule has 2 amide bonds. The minimum Gasteiger partial charge on any atom is -0.495 e. The van der Waals surface area contributed by atoms with Gasteiger partial charge in [0.15, 0.2) is 5.78 Å². The van der Waals surface area contributed by atoms with Crippen molar-refractivity contribution in [3.05, 3.63) is 87.2 Å². The Kier molecular flexibility index (Phi) is 7.85. The molecule has 1 fully saturated rings. The number of halogens is 3. The molecule has 2 aliphatic rings. The number of hydrogen-bond donors (Lipinski definition) is 3. The number of hydrogen-bond acceptors (Lipinski definition) is 5. The van der Waals surface area contributed by atoms with Crippen LogP contribution in [0.3, 0.4) is 0 Å². The van der Waals surface area contributed by atoms with Gasteiger partial charge < -0.3 is 20.7 Å². The average Bonchev–Trinajstić information content (AvgIpc) is 3.39. The molecule has 0 aromatic heterocycles. The first-order valence-electron chi connectivity index (χ1n) is 13.6. The molecule has 0 aliphatic carbocycles. The normalized spacial score (nSPS) is 23.0. The second-order valence-corrected chi connectivity index (χ2v) is 12.9. The second-order valence-electron chi connectivity index (χ2n) is 12.1. The lowest BCUT2D eigenvalue weighted by atomic mass is 9.62. The van der Waals surface area contributed by atoms with E-state index in [4.69, 9.17) is 27.9 Å². The molecule has 2 aliphatic heterocycles. The molecular weight excluding hydrogens is 580 g/mol. The first kappa shape index (κ1) is 30.0. The fraction of sp³-hybridized carbons (Fsp3) is 0.344. The maximum atomic E-state index is 15.9. The van der Waals surface area contributed by atoms with Gasteiger partial charge in [-0.15, -0.1) is 0 Å². The summed E-state index contributed by atoms with van der Waals surface area (Å²) in [5.41, 5.74) is 0.395. The quantitative estimate of drug-likeness (QED) is 0.268. The van der Waals surface area contributed by atoms with Crippen molar-refractivity contribution in [3.63, 3.8) is 0 Å². The minimum atomic E-state index is -1.37. The topological polar surface area (TPSA) is 96.5 Å². The van der Waals surface area contributed by atoms with Gasteiger partial charge in [0.2, 0.25) is 11.8 Å². The fourth-order valence-corrected chi connectivity index (χ4v) is 6.73. The van der Waals surface area contributed by atoms with Crippen molar-refractivity contribution in [3.8, 4) is 5.75 Å². The predicted molar refractivity (Wildman–Crippen MR) is 162 cm³/mol. The van der Waals surface area contributed by atoms with Crippen LogP contribution in [0.1, 0.15) is 61.5 Å². The van der Waals surface area contributed by atoms with Crippen LogP contribution in [0.2, 0.25) is 10.0 Å². The molecular formula is C32H32Cl2FN3O4. The lowest BCUT2D eigenvalue weighted by molar-refractivity contribution is -0.122. The van der Waals surface area contributed by atoms with Gasteiger partial charge in [-0.25, -0.2) is 4.39 Å². The van der Waals surface area contributed by atoms with Crippen LogP contribution in [-0.2, 0) is 15.0 Å². The van der Waals surface area contributed by atoms with Crippen LogP contribution in [-0.4, -0.2) is 36.8 Å². The summed E-state index contributed by atoms with van der Waals surface area (Å²) in [6.07, 6.45) is 0.488. The van der Waals surface area contributed by atoms with Gasteiger partial charge in [0.1, 0.15) is 17.0 Å². The minimum absolute atomic E-state index is 0.114. The van der Waals surface area contributed by atoms with E-state index in [-0.39, 0.29) is 27.7 Å². The zero-order chi connectivity index (χ0) is 30.6. The molecule has 10 heteroatoms. The van der Waals surface area contributed by atoms with Gasteiger partial charge in [-0.1, -0.05) is 62.2 Å². The van der Waals surface area contributed by atoms with E-state index in [1.54, 1.807) is 48.5 Å². The number of ketones is 1. The van der Waals surface area contributed by atoms with Gasteiger partial charge in [0.05, 0.1) is 23.9 Å². The van der Waals surface area contributed by atoms with Gasteiger partial charge in [-0.3, -0.25) is 14.4 Å². The van der Waals surface area contributed by atoms with E-state index in [0.717, 1.165) is 0 Å². The molecule has 1 saturated heterocycles. The van der Waals surface area contributed by atoms with Crippen LogP contribution in [0.15, 0.2) is 54.6 Å². The SMILES string of the molecule is COc1cc(C(C)=O)ccc1NC(=O)[C@@H]1N[C@@H](CC(C)(C)C)[C@@]2(C(=O)Nc3cc(Cl)ccc32)[C@H]1c1cccc(Cl)c1F. The molecule has 0 bridgehead atoms. The lowest BCUT2D eigenvalue weighted by Gasteiger charge is -2.37. The van der Waals surface area contributed by atoms with E-state index in [2.05, 4.69) is 16.0 Å². The molecule has 0 saturated carbocycles. The summed E-state index contributed by atoms with van der Waals surface area (Å²) in [5.74, 6) is -2.41. The molecule has 3 aromatic carbocycles. The third-order valence-electron chi connectivity index (χ3n) is 8.09. The Hall–Kier alpha value is -3.46. The van der Waals surface area contributed by atoms with E-state index in [1.165, 1.54) is 20.1 Å². The zero-order valence-corrected chi connectivity index (χ0v) is 25.4. The van der Waals surface area contributed by atoms with Crippen molar-refractivity contribution in [2.24, 2.45) is 5.41 Å². The van der Waals surface area contributed by atoms with Crippen LogP contribution in [0, 0.1) is 11.2 Å². The standard InChI is InChI=1S/C32H32Cl2FN3O4/c1-16(39)17-9-12-22(24(13-17)42-5)36-29(40)28-26(19-7-6-8-21(34)27(19)35)32(25(38-28)15-31(2,3)4)20-11-10-18(33)14-23(20)37-30(32)41/h6-14,25-26,28,38H,15H2,1-5H3,(H,36,40)(H,37,41)/t25-,26-,28+,32+/m0/s1. The summed E-state index contributed by atoms with van der Waals surface area (Å²) in [6, 6.07) is 12.8. The Morgan fingerprint density at radius 1 is 1.10 bits per heavy atom. The van der Waals surface area contributed by atoms with Gasteiger partial charge in [0, 0.05) is 28.2 Å². The van der Waals surface area contributed by atoms with Crippen LogP contribution in [0.25, 0.3) is 0 Å². The summed E-state index contributed by atoms with van der Waals surface area (Å²) in [5, 5.41) is 9.62. The maximum Gasteiger partial charge on any atom is 0.242 e. The molecule has 0 unspecified atom stereocenters. The average molecular weight is 613 g/mol. The molecule has 42 heavy (non-hydrogen) atoms. The Labute approximate surface area is 254 Å². The highest BCUT2D eigenvalue weighted by Gasteiger charge is 2.66. The van der Waals surface area contributed by atoms with Crippen LogP contribution in [0.5, 0.6) is 5.75 Å². The molecule has 4 atom stereocenters. The van der Waals surface area contributed by atoms with Crippen molar-refractivity contribution >= 4 is 52.2 Å². The number of methoxy groups -OCH3 is 1. The number of amides is 2. The number of Topliss-reactive ketones (excluding diaryl/α,β-unsaturated/α-hetero) is 1. The number of fused-ring (bicyclic) bond motifs is 2. The van der Waals surface area contributed by atoms with Gasteiger partial charge in [-0.05, 0) is 66.3 Å². The molecule has 0 radical (unpaired) electrons. The van der Waals surface area contributed by atoms with Crippen molar-refractivity contribution in [2.75, 3.05) is 17.7 Å². The highest BCUT2D eigenvalue weighted by Crippen LogP contribution is 2.57. The zero-order valence-electron chi connectivity index (χ0n) is 23.9. The highest BCUT2D eigenvalue weighted by molar-refractivity contribution is 6.31. The molecule has 3 N–H and O–H groups in total. The maximum absolute atomic E-state index is 15.9. The third-order valence-corrected chi connectivity index (χ3v) is 8.61. The summed E-state index contributed by atoms with van der Waals surface area (Å²) in [4.78, 5) is 40.4. The van der Waals surface area contributed by atoms with Crippen molar-refractivity contribution < 1.29 is 23.5 Å². The summed E-state index contributed by atoms with van der Waals surface area (Å²) in [7, 11) is 1.44. The number of rotatable bonds is 6. The van der Waals surface area contributed by atoms with Crippen LogP contribution in [0.4, 0.5) is 15.8 Å². The van der Waals surface area contributed by atoms with Gasteiger partial charge >= 0.3 is 0 Å². The van der Waals surface area contributed by atoms with E-state index in [0.29, 0.717) is 39.7 Å². The number of anilines is 2. The number of benzene rings is 3. The number of carbonyl (C=O) groups is 3. The van der Waals surface area contributed by atoms with Crippen LogP contribution < -0.4 is 20.7 Å². The largest absolute Gasteiger partial charge is 0.495 e. The third kappa shape index (κ3) is 5.06. The number of carbonyl (C=O) groups excluding carboxylic acids is 3. The van der Waals surface area contributed by atoms with E-state index < -0.39 is 35.1 Å². The Balaban J connectivity index is 1.70. The number of nitrogens with one attached hydrogen (secondary N) is 3. The second kappa shape index (κ2) is 11.0. The molecule has 2 heterocycles. The summed E-state index contributed by atoms with van der Waals surface area (Å²) >= 11 is 12.6. The van der Waals surface area contributed by atoms with E-state index in [9.17, 15) is 14.4 Å². The first-order valence-corrected chi connectivity index (χ1v) is 14.3. The number of ether oxygens (including phenoxy) is 1. The Morgan fingerprint density at radius 3 is 2.50 bits per heavy atom. The molecule has 5 rings (SSSR count). The van der Waals surface area contributed by atoms with Gasteiger partial charge in [0.25, 0.3) is 0 Å². The Morgan fingerprint density at radius 2 is 1.83 bits per heavy atom. The van der Waals surface area contributed by atoms with Crippen molar-refractivity contribution in [1.82, 2.24) is 5.32 Å². The summed E-state index contributed by atoms with van der Waals surface area (Å²) < 4.78 is 21.4. The Bertz CT molecular complexity index is 1610. The summed E-state index contributed by atoms with van der Waals surface area (Å²) in [6.45, 7) is 7.57. The van der Waals surface area contributed by atoms with Crippen molar-refractivity contribution in [1.29, 1.82) is 0 Å². The lowest BCUT2D eigenvalue weighted by Crippen LogP contribution is -2.49. The van der Waals surface area contributed by atoms with E-state index >= 15 is 4.39 Å². The molecule has 1 spiro atoms. The molecule has 220 valence electrons. The van der Waals surface area contributed by atoms with Crippen molar-refractivity contribution in [2.45, 2.75) is 57.5 Å². The monoisotopic (exact) mass is 611 g/mol. The smallest absolute Gasteiger partial charge is 0.242 e. The highest BCUT2D eigenvalue weighted by atomic mass is 35.5. The molecule has 7 nitrogen and oxygen atoms in total. The predicted octanol–water partition coefficient (Wildman–Crippen LogP) is 6.73. The van der Waals surface area contributed by atoms with Crippen LogP contribution >= 0.6 is 23.2 Å². The van der Waals surface area contributed by atoms with Gasteiger partial charge in [-0.2, -0.15) is 0 Å².